The van der Waals surface area contributed by atoms with Crippen molar-refractivity contribution in [1.82, 2.24) is 0 Å². The smallest absolute Gasteiger partial charge is 0.231 e. The molecule has 1 heterocycles. The van der Waals surface area contributed by atoms with E-state index >= 15 is 0 Å². The fourth-order valence-corrected chi connectivity index (χ4v) is 1.50. The first-order valence-electron chi connectivity index (χ1n) is 4.43. The number of hydrogen-bond donors (Lipinski definition) is 1. The van der Waals surface area contributed by atoms with Crippen LogP contribution >= 0.6 is 0 Å². The van der Waals surface area contributed by atoms with Crippen molar-refractivity contribution >= 4 is 0 Å². The van der Waals surface area contributed by atoms with Crippen molar-refractivity contribution in [2.45, 2.75) is 13.1 Å². The van der Waals surface area contributed by atoms with Crippen LogP contribution in [0.5, 0.6) is 11.5 Å². The van der Waals surface area contributed by atoms with Gasteiger partial charge in [0.1, 0.15) is 6.67 Å². The van der Waals surface area contributed by atoms with Crippen LogP contribution in [0.15, 0.2) is 12.1 Å². The highest BCUT2D eigenvalue weighted by molar-refractivity contribution is 5.48. The first-order chi connectivity index (χ1) is 6.85. The predicted molar refractivity (Wildman–Crippen MR) is 48.2 cm³/mol. The summed E-state index contributed by atoms with van der Waals surface area (Å²) in [6, 6.07) is 3.36. The molecule has 4 heteroatoms. The second-order valence-corrected chi connectivity index (χ2v) is 3.08. The van der Waals surface area contributed by atoms with Crippen molar-refractivity contribution in [3.8, 4) is 11.5 Å². The van der Waals surface area contributed by atoms with Gasteiger partial charge < -0.3 is 14.6 Å². The van der Waals surface area contributed by atoms with Crippen molar-refractivity contribution in [2.24, 2.45) is 0 Å². The molecule has 0 amide bonds. The molecule has 0 saturated carbocycles. The Kier molecular flexibility index (Phi) is 2.54. The van der Waals surface area contributed by atoms with Crippen LogP contribution in [0.3, 0.4) is 0 Å². The third kappa shape index (κ3) is 1.53. The highest BCUT2D eigenvalue weighted by Gasteiger charge is 2.16. The van der Waals surface area contributed by atoms with Crippen molar-refractivity contribution in [3.05, 3.63) is 23.3 Å². The molecule has 0 aliphatic carbocycles. The Morgan fingerprint density at radius 3 is 2.43 bits per heavy atom. The molecule has 1 aliphatic rings. The monoisotopic (exact) mass is 198 g/mol. The van der Waals surface area contributed by atoms with Crippen LogP contribution < -0.4 is 9.47 Å². The molecular formula is C10H11FO3. The molecule has 0 spiro atoms. The molecule has 0 atom stereocenters. The molecule has 0 fully saturated rings. The Labute approximate surface area is 81.1 Å². The van der Waals surface area contributed by atoms with Gasteiger partial charge in [0.2, 0.25) is 6.79 Å². The summed E-state index contributed by atoms with van der Waals surface area (Å²) >= 11 is 0. The van der Waals surface area contributed by atoms with Gasteiger partial charge in [-0.25, -0.2) is 4.39 Å². The summed E-state index contributed by atoms with van der Waals surface area (Å²) in [6.45, 7) is -0.359. The zero-order valence-electron chi connectivity index (χ0n) is 7.62. The van der Waals surface area contributed by atoms with Crippen LogP contribution in [0.4, 0.5) is 4.39 Å². The lowest BCUT2D eigenvalue weighted by molar-refractivity contribution is 0.174. The molecule has 1 aromatic rings. The summed E-state index contributed by atoms with van der Waals surface area (Å²) in [7, 11) is 0. The maximum atomic E-state index is 12.6. The largest absolute Gasteiger partial charge is 0.454 e. The zero-order chi connectivity index (χ0) is 9.97. The number of alkyl halides is 1. The predicted octanol–water partition coefficient (Wildman–Crippen LogP) is 1.42. The molecule has 1 N–H and O–H groups in total. The topological polar surface area (TPSA) is 38.7 Å². The third-order valence-electron chi connectivity index (χ3n) is 2.22. The van der Waals surface area contributed by atoms with E-state index in [1.54, 1.807) is 12.1 Å². The molecule has 0 saturated heterocycles. The maximum Gasteiger partial charge on any atom is 0.231 e. The lowest BCUT2D eigenvalue weighted by Gasteiger charge is -2.06. The van der Waals surface area contributed by atoms with Gasteiger partial charge in [-0.3, -0.25) is 0 Å². The SMILES string of the molecule is OCCc1cc2c(cc1CF)OCO2. The number of benzene rings is 1. The van der Waals surface area contributed by atoms with Gasteiger partial charge in [-0.2, -0.15) is 0 Å². The van der Waals surface area contributed by atoms with E-state index in [9.17, 15) is 4.39 Å². The van der Waals surface area contributed by atoms with E-state index in [-0.39, 0.29) is 13.4 Å². The molecule has 0 aromatic heterocycles. The Morgan fingerprint density at radius 1 is 1.21 bits per heavy atom. The average Bonchev–Trinajstić information content (AvgIpc) is 2.64. The van der Waals surface area contributed by atoms with Crippen LogP contribution in [0, 0.1) is 0 Å². The number of rotatable bonds is 3. The molecule has 2 rings (SSSR count). The molecule has 1 aliphatic heterocycles. The first kappa shape index (κ1) is 9.27. The maximum absolute atomic E-state index is 12.6. The van der Waals surface area contributed by atoms with Gasteiger partial charge in [-0.05, 0) is 29.7 Å². The minimum atomic E-state index is -0.550. The number of hydrogen-bond acceptors (Lipinski definition) is 3. The van der Waals surface area contributed by atoms with E-state index in [0.717, 1.165) is 5.56 Å². The van der Waals surface area contributed by atoms with Gasteiger partial charge in [-0.15, -0.1) is 0 Å². The van der Waals surface area contributed by atoms with E-state index < -0.39 is 6.67 Å². The highest BCUT2D eigenvalue weighted by atomic mass is 19.1. The van der Waals surface area contributed by atoms with Crippen LogP contribution in [0.2, 0.25) is 0 Å². The lowest BCUT2D eigenvalue weighted by atomic mass is 10.0. The number of fused-ring (bicyclic) bond motifs is 1. The van der Waals surface area contributed by atoms with E-state index in [1.165, 1.54) is 0 Å². The molecule has 76 valence electrons. The van der Waals surface area contributed by atoms with Gasteiger partial charge in [0.25, 0.3) is 0 Å². The van der Waals surface area contributed by atoms with E-state index in [4.69, 9.17) is 14.6 Å². The molecule has 3 nitrogen and oxygen atoms in total. The number of aliphatic hydroxyl groups excluding tert-OH is 1. The van der Waals surface area contributed by atoms with E-state index in [2.05, 4.69) is 0 Å². The van der Waals surface area contributed by atoms with Gasteiger partial charge in [-0.1, -0.05) is 0 Å². The minimum absolute atomic E-state index is 0.00659. The molecule has 1 aromatic carbocycles. The summed E-state index contributed by atoms with van der Waals surface area (Å²) in [6.07, 6.45) is 0.440. The van der Waals surface area contributed by atoms with Crippen LogP contribution in [0.25, 0.3) is 0 Å². The van der Waals surface area contributed by atoms with Gasteiger partial charge in [0, 0.05) is 6.61 Å². The van der Waals surface area contributed by atoms with E-state index in [1.807, 2.05) is 0 Å². The van der Waals surface area contributed by atoms with Crippen LogP contribution in [0.1, 0.15) is 11.1 Å². The average molecular weight is 198 g/mol. The van der Waals surface area contributed by atoms with E-state index in [0.29, 0.717) is 23.5 Å². The van der Waals surface area contributed by atoms with Gasteiger partial charge >= 0.3 is 0 Å². The second kappa shape index (κ2) is 3.84. The second-order valence-electron chi connectivity index (χ2n) is 3.08. The number of ether oxygens (including phenoxy) is 2. The first-order valence-corrected chi connectivity index (χ1v) is 4.43. The van der Waals surface area contributed by atoms with Crippen molar-refractivity contribution in [2.75, 3.05) is 13.4 Å². The third-order valence-corrected chi connectivity index (χ3v) is 2.22. The Morgan fingerprint density at radius 2 is 1.86 bits per heavy atom. The van der Waals surface area contributed by atoms with Crippen LogP contribution in [-0.2, 0) is 13.1 Å². The van der Waals surface area contributed by atoms with Crippen molar-refractivity contribution in [1.29, 1.82) is 0 Å². The van der Waals surface area contributed by atoms with Gasteiger partial charge in [0.05, 0.1) is 0 Å². The van der Waals surface area contributed by atoms with Crippen molar-refractivity contribution in [3.63, 3.8) is 0 Å². The highest BCUT2D eigenvalue weighted by Crippen LogP contribution is 2.35. The number of aliphatic hydroxyl groups is 1. The summed E-state index contributed by atoms with van der Waals surface area (Å²) in [5, 5.41) is 8.79. The minimum Gasteiger partial charge on any atom is -0.454 e. The standard InChI is InChI=1S/C10H11FO3/c11-5-8-4-10-9(13-6-14-10)3-7(8)1-2-12/h3-4,12H,1-2,5-6H2. The molecule has 0 unspecified atom stereocenters. The lowest BCUT2D eigenvalue weighted by Crippen LogP contribution is -1.96. The number of halogens is 1. The van der Waals surface area contributed by atoms with Crippen molar-refractivity contribution < 1.29 is 19.0 Å². The fourth-order valence-electron chi connectivity index (χ4n) is 1.50. The normalized spacial score (nSPS) is 13.3. The quantitative estimate of drug-likeness (QED) is 0.798. The Balaban J connectivity index is 2.38. The molecule has 0 radical (unpaired) electrons. The van der Waals surface area contributed by atoms with Gasteiger partial charge in [0.15, 0.2) is 11.5 Å². The zero-order valence-corrected chi connectivity index (χ0v) is 7.62. The fraction of sp³-hybridized carbons (Fsp3) is 0.400. The summed E-state index contributed by atoms with van der Waals surface area (Å²) < 4.78 is 22.9. The molecule has 0 bridgehead atoms. The summed E-state index contributed by atoms with van der Waals surface area (Å²) in [4.78, 5) is 0. The molecule has 14 heavy (non-hydrogen) atoms. The summed E-state index contributed by atoms with van der Waals surface area (Å²) in [5.74, 6) is 1.21. The van der Waals surface area contributed by atoms with Crippen LogP contribution in [-0.4, -0.2) is 18.5 Å². The summed E-state index contributed by atoms with van der Waals surface area (Å²) in [5.41, 5.74) is 1.34. The Bertz CT molecular complexity index is 338. The Hall–Kier alpha value is -1.29. The molecular weight excluding hydrogens is 187 g/mol.